The third kappa shape index (κ3) is 3.55. The number of nitrogen functional groups attached to an aromatic ring is 1. The van der Waals surface area contributed by atoms with Crippen molar-refractivity contribution in [3.05, 3.63) is 46.4 Å². The Kier molecular flexibility index (Phi) is 4.33. The van der Waals surface area contributed by atoms with Crippen LogP contribution in [-0.4, -0.2) is 15.9 Å². The maximum Gasteiger partial charge on any atom is 0.0564 e. The molecule has 0 unspecified atom stereocenters. The summed E-state index contributed by atoms with van der Waals surface area (Å²) in [4.78, 5) is 8.15. The van der Waals surface area contributed by atoms with Crippen molar-refractivity contribution in [1.29, 1.82) is 0 Å². The molecule has 0 radical (unpaired) electrons. The van der Waals surface area contributed by atoms with Crippen LogP contribution >= 0.6 is 11.3 Å². The van der Waals surface area contributed by atoms with Crippen LogP contribution in [0.4, 0.5) is 5.69 Å². The second kappa shape index (κ2) is 5.98. The van der Waals surface area contributed by atoms with Crippen LogP contribution in [0.5, 0.6) is 0 Å². The molecule has 0 saturated heterocycles. The summed E-state index contributed by atoms with van der Waals surface area (Å²) in [5.74, 6) is 0. The largest absolute Gasteiger partial charge is 0.399 e. The van der Waals surface area contributed by atoms with E-state index < -0.39 is 0 Å². The van der Waals surface area contributed by atoms with Gasteiger partial charge in [-0.3, -0.25) is 9.88 Å². The Hall–Kier alpha value is -1.39. The number of hydrogen-bond donors (Lipinski definition) is 1. The van der Waals surface area contributed by atoms with Crippen LogP contribution in [0.1, 0.15) is 24.4 Å². The Bertz CT molecular complexity index is 480. The number of nitrogens with two attached hydrogens (primary N) is 1. The van der Waals surface area contributed by atoms with Gasteiger partial charge in [-0.2, -0.15) is 0 Å². The molecule has 3 nitrogen and oxygen atoms in total. The second-order valence-corrected chi connectivity index (χ2v) is 5.69. The molecule has 4 heteroatoms. The van der Waals surface area contributed by atoms with Gasteiger partial charge in [-0.15, -0.1) is 11.3 Å². The van der Waals surface area contributed by atoms with Crippen molar-refractivity contribution in [3.8, 4) is 0 Å². The molecule has 0 saturated carbocycles. The standard InChI is InChI=1S/C14H19N3S/c1-11(2)17(10-14-4-3-7-18-14)9-13-8-12(15)5-6-16-13/h3-8,11H,9-10H2,1-2H3,(H2,15,16). The van der Waals surface area contributed by atoms with E-state index in [4.69, 9.17) is 5.73 Å². The van der Waals surface area contributed by atoms with Crippen LogP contribution in [0.3, 0.4) is 0 Å². The fourth-order valence-electron chi connectivity index (χ4n) is 1.82. The lowest BCUT2D eigenvalue weighted by Crippen LogP contribution is -2.29. The van der Waals surface area contributed by atoms with E-state index in [1.807, 2.05) is 12.1 Å². The van der Waals surface area contributed by atoms with Crippen molar-refractivity contribution in [2.45, 2.75) is 33.0 Å². The van der Waals surface area contributed by atoms with Gasteiger partial charge < -0.3 is 5.73 Å². The van der Waals surface area contributed by atoms with Crippen molar-refractivity contribution in [1.82, 2.24) is 9.88 Å². The van der Waals surface area contributed by atoms with Crippen molar-refractivity contribution < 1.29 is 0 Å². The topological polar surface area (TPSA) is 42.1 Å². The van der Waals surface area contributed by atoms with Crippen molar-refractivity contribution >= 4 is 17.0 Å². The molecular weight excluding hydrogens is 242 g/mol. The molecule has 0 fully saturated rings. The normalized spacial score (nSPS) is 11.3. The summed E-state index contributed by atoms with van der Waals surface area (Å²) in [6.07, 6.45) is 1.77. The molecule has 0 atom stereocenters. The first-order valence-corrected chi connectivity index (χ1v) is 7.00. The Morgan fingerprint density at radius 2 is 2.17 bits per heavy atom. The smallest absolute Gasteiger partial charge is 0.0564 e. The van der Waals surface area contributed by atoms with Crippen LogP contribution in [0.25, 0.3) is 0 Å². The highest BCUT2D eigenvalue weighted by Crippen LogP contribution is 2.16. The molecule has 0 aromatic carbocycles. The molecule has 2 rings (SSSR count). The van der Waals surface area contributed by atoms with Crippen molar-refractivity contribution in [3.63, 3.8) is 0 Å². The van der Waals surface area contributed by atoms with Gasteiger partial charge in [-0.25, -0.2) is 0 Å². The highest BCUT2D eigenvalue weighted by Gasteiger charge is 2.12. The lowest BCUT2D eigenvalue weighted by molar-refractivity contribution is 0.203. The van der Waals surface area contributed by atoms with E-state index in [1.165, 1.54) is 4.88 Å². The second-order valence-electron chi connectivity index (χ2n) is 4.66. The Labute approximate surface area is 112 Å². The maximum absolute atomic E-state index is 5.79. The highest BCUT2D eigenvalue weighted by molar-refractivity contribution is 7.09. The summed E-state index contributed by atoms with van der Waals surface area (Å²) in [6.45, 7) is 6.21. The number of aromatic nitrogens is 1. The van der Waals surface area contributed by atoms with Crippen LogP contribution in [0, 0.1) is 0 Å². The summed E-state index contributed by atoms with van der Waals surface area (Å²) in [5.41, 5.74) is 7.60. The number of thiophene rings is 1. The van der Waals surface area contributed by atoms with Gasteiger partial charge in [0.2, 0.25) is 0 Å². The third-order valence-corrected chi connectivity index (χ3v) is 3.74. The lowest BCUT2D eigenvalue weighted by atomic mass is 10.2. The zero-order valence-electron chi connectivity index (χ0n) is 10.8. The van der Waals surface area contributed by atoms with Gasteiger partial charge in [0.05, 0.1) is 5.69 Å². The summed E-state index contributed by atoms with van der Waals surface area (Å²) in [6, 6.07) is 8.52. The Morgan fingerprint density at radius 3 is 2.78 bits per heavy atom. The molecular formula is C14H19N3S. The summed E-state index contributed by atoms with van der Waals surface area (Å²) in [7, 11) is 0. The first-order chi connectivity index (χ1) is 8.65. The zero-order chi connectivity index (χ0) is 13.0. The summed E-state index contributed by atoms with van der Waals surface area (Å²) >= 11 is 1.80. The van der Waals surface area contributed by atoms with Gasteiger partial charge >= 0.3 is 0 Å². The first-order valence-electron chi connectivity index (χ1n) is 6.12. The summed E-state index contributed by atoms with van der Waals surface area (Å²) in [5, 5.41) is 2.12. The van der Waals surface area contributed by atoms with Crippen LogP contribution in [0.15, 0.2) is 35.8 Å². The van der Waals surface area contributed by atoms with Gasteiger partial charge in [-0.1, -0.05) is 6.07 Å². The predicted octanol–water partition coefficient (Wildman–Crippen LogP) is 3.14. The van der Waals surface area contributed by atoms with Gasteiger partial charge in [0.1, 0.15) is 0 Å². The Balaban J connectivity index is 2.07. The lowest BCUT2D eigenvalue weighted by Gasteiger charge is -2.25. The van der Waals surface area contributed by atoms with Gasteiger partial charge in [0.15, 0.2) is 0 Å². The minimum Gasteiger partial charge on any atom is -0.399 e. The third-order valence-electron chi connectivity index (χ3n) is 2.88. The van der Waals surface area contributed by atoms with Gasteiger partial charge in [0, 0.05) is 35.9 Å². The predicted molar refractivity (Wildman–Crippen MR) is 77.4 cm³/mol. The molecule has 2 aromatic heterocycles. The zero-order valence-corrected chi connectivity index (χ0v) is 11.7. The number of rotatable bonds is 5. The van der Waals surface area contributed by atoms with E-state index in [0.29, 0.717) is 6.04 Å². The molecule has 96 valence electrons. The van der Waals surface area contributed by atoms with E-state index in [-0.39, 0.29) is 0 Å². The molecule has 2 N–H and O–H groups in total. The number of pyridine rings is 1. The molecule has 2 heterocycles. The van der Waals surface area contributed by atoms with Gasteiger partial charge in [-0.05, 0) is 37.4 Å². The number of anilines is 1. The minimum atomic E-state index is 0.482. The maximum atomic E-state index is 5.79. The van der Waals surface area contributed by atoms with Crippen LogP contribution in [0.2, 0.25) is 0 Å². The molecule has 0 spiro atoms. The van der Waals surface area contributed by atoms with Crippen molar-refractivity contribution in [2.75, 3.05) is 5.73 Å². The fraction of sp³-hybridized carbons (Fsp3) is 0.357. The van der Waals surface area contributed by atoms with E-state index in [2.05, 4.69) is 41.2 Å². The van der Waals surface area contributed by atoms with Crippen LogP contribution < -0.4 is 5.73 Å². The number of hydrogen-bond acceptors (Lipinski definition) is 4. The fourth-order valence-corrected chi connectivity index (χ4v) is 2.54. The monoisotopic (exact) mass is 261 g/mol. The average Bonchev–Trinajstić information content (AvgIpc) is 2.81. The van der Waals surface area contributed by atoms with E-state index in [0.717, 1.165) is 24.5 Å². The molecule has 0 bridgehead atoms. The first kappa shape index (κ1) is 13.1. The minimum absolute atomic E-state index is 0.482. The van der Waals surface area contributed by atoms with E-state index >= 15 is 0 Å². The summed E-state index contributed by atoms with van der Waals surface area (Å²) < 4.78 is 0. The highest BCUT2D eigenvalue weighted by atomic mass is 32.1. The quantitative estimate of drug-likeness (QED) is 0.899. The Morgan fingerprint density at radius 1 is 1.33 bits per heavy atom. The SMILES string of the molecule is CC(C)N(Cc1cc(N)ccn1)Cc1cccs1. The molecule has 0 aliphatic rings. The van der Waals surface area contributed by atoms with E-state index in [9.17, 15) is 0 Å². The molecule has 0 aliphatic heterocycles. The van der Waals surface area contributed by atoms with E-state index in [1.54, 1.807) is 17.5 Å². The van der Waals surface area contributed by atoms with Crippen LogP contribution in [-0.2, 0) is 13.1 Å². The van der Waals surface area contributed by atoms with Gasteiger partial charge in [0.25, 0.3) is 0 Å². The average molecular weight is 261 g/mol. The molecule has 2 aromatic rings. The molecule has 0 amide bonds. The molecule has 0 aliphatic carbocycles. The number of nitrogens with zero attached hydrogens (tertiary/aromatic N) is 2. The molecule has 18 heavy (non-hydrogen) atoms. The van der Waals surface area contributed by atoms with Crippen molar-refractivity contribution in [2.24, 2.45) is 0 Å².